The van der Waals surface area contributed by atoms with Gasteiger partial charge in [-0.3, -0.25) is 4.79 Å². The fourth-order valence-electron chi connectivity index (χ4n) is 3.77. The van der Waals surface area contributed by atoms with E-state index in [0.717, 1.165) is 29.7 Å². The van der Waals surface area contributed by atoms with Gasteiger partial charge in [-0.05, 0) is 62.6 Å². The zero-order chi connectivity index (χ0) is 23.8. The Morgan fingerprint density at radius 2 is 1.73 bits per heavy atom. The molecule has 1 fully saturated rings. The average molecular weight is 450 g/mol. The number of nitrogens with one attached hydrogen (secondary N) is 4. The van der Waals surface area contributed by atoms with E-state index in [9.17, 15) is 14.4 Å². The van der Waals surface area contributed by atoms with Crippen LogP contribution in [0.5, 0.6) is 0 Å². The predicted octanol–water partition coefficient (Wildman–Crippen LogP) is 4.49. The number of carbonyl (C=O) groups excluding carboxylic acids is 3. The van der Waals surface area contributed by atoms with E-state index in [1.165, 1.54) is 0 Å². The number of benzene rings is 2. The third kappa shape index (κ3) is 6.83. The van der Waals surface area contributed by atoms with Crippen LogP contribution in [0.15, 0.2) is 55.1 Å². The summed E-state index contributed by atoms with van der Waals surface area (Å²) in [4.78, 5) is 38.8. The first kappa shape index (κ1) is 23.8. The largest absolute Gasteiger partial charge is 0.352 e. The van der Waals surface area contributed by atoms with Crippen LogP contribution < -0.4 is 21.3 Å². The summed E-state index contributed by atoms with van der Waals surface area (Å²) < 4.78 is 0. The topological polar surface area (TPSA) is 103 Å². The maximum Gasteiger partial charge on any atom is 0.323 e. The van der Waals surface area contributed by atoms with Gasteiger partial charge in [-0.25, -0.2) is 9.59 Å². The van der Waals surface area contributed by atoms with E-state index < -0.39 is 0 Å². The molecular weight excluding hydrogens is 418 g/mol. The van der Waals surface area contributed by atoms with Gasteiger partial charge in [0.25, 0.3) is 0 Å². The predicted molar refractivity (Wildman–Crippen MR) is 132 cm³/mol. The minimum atomic E-state index is -0.340. The van der Waals surface area contributed by atoms with E-state index in [4.69, 9.17) is 0 Å². The summed E-state index contributed by atoms with van der Waals surface area (Å²) in [5.74, 6) is -0.270. The molecule has 5 amide bonds. The first-order valence-electron chi connectivity index (χ1n) is 11.1. The van der Waals surface area contributed by atoms with Gasteiger partial charge < -0.3 is 26.2 Å². The van der Waals surface area contributed by atoms with Crippen molar-refractivity contribution in [1.29, 1.82) is 0 Å². The van der Waals surface area contributed by atoms with Crippen LogP contribution in [0, 0.1) is 19.8 Å². The molecule has 0 saturated carbocycles. The second kappa shape index (κ2) is 11.2. The Bertz CT molecular complexity index is 1020. The molecule has 0 bridgehead atoms. The Balaban J connectivity index is 1.51. The smallest absolute Gasteiger partial charge is 0.323 e. The van der Waals surface area contributed by atoms with Crippen molar-refractivity contribution in [2.24, 2.45) is 5.92 Å². The van der Waals surface area contributed by atoms with Crippen molar-refractivity contribution >= 4 is 35.0 Å². The van der Waals surface area contributed by atoms with Crippen LogP contribution in [-0.2, 0) is 4.79 Å². The lowest BCUT2D eigenvalue weighted by Gasteiger charge is -2.32. The van der Waals surface area contributed by atoms with Crippen molar-refractivity contribution in [2.45, 2.75) is 26.7 Å². The number of likely N-dealkylation sites (tertiary alicyclic amines) is 1. The van der Waals surface area contributed by atoms with Crippen LogP contribution in [-0.4, -0.2) is 42.5 Å². The minimum absolute atomic E-state index is 0.0538. The van der Waals surface area contributed by atoms with Crippen molar-refractivity contribution in [2.75, 3.05) is 35.6 Å². The summed E-state index contributed by atoms with van der Waals surface area (Å²) in [7, 11) is 0. The first-order chi connectivity index (χ1) is 15.9. The van der Waals surface area contributed by atoms with Crippen LogP contribution >= 0.6 is 0 Å². The van der Waals surface area contributed by atoms with Crippen LogP contribution in [0.3, 0.4) is 0 Å². The number of aryl methyl sites for hydroxylation is 2. The molecule has 174 valence electrons. The maximum atomic E-state index is 12.7. The summed E-state index contributed by atoms with van der Waals surface area (Å²) in [5, 5.41) is 11.3. The molecule has 1 heterocycles. The SMILES string of the molecule is C=CCNC(=O)[C@@H]1CCCN(C(=O)Nc2ccc(NC(=O)Nc3ccc(C)cc3C)cc2)C1. The quantitative estimate of drug-likeness (QED) is 0.489. The number of piperidine rings is 1. The van der Waals surface area contributed by atoms with Crippen molar-refractivity contribution in [3.8, 4) is 0 Å². The molecule has 0 spiro atoms. The van der Waals surface area contributed by atoms with Crippen LogP contribution in [0.1, 0.15) is 24.0 Å². The third-order valence-electron chi connectivity index (χ3n) is 5.52. The summed E-state index contributed by atoms with van der Waals surface area (Å²) in [5.41, 5.74) is 4.08. The lowest BCUT2D eigenvalue weighted by molar-refractivity contribution is -0.126. The molecule has 4 N–H and O–H groups in total. The number of rotatable bonds is 6. The molecular formula is C25H31N5O3. The Morgan fingerprint density at radius 1 is 1.03 bits per heavy atom. The number of anilines is 3. The first-order valence-corrected chi connectivity index (χ1v) is 11.1. The molecule has 3 rings (SSSR count). The zero-order valence-electron chi connectivity index (χ0n) is 19.1. The molecule has 0 unspecified atom stereocenters. The van der Waals surface area contributed by atoms with Crippen molar-refractivity contribution < 1.29 is 14.4 Å². The maximum absolute atomic E-state index is 12.7. The highest BCUT2D eigenvalue weighted by atomic mass is 16.2. The summed E-state index contributed by atoms with van der Waals surface area (Å²) in [6, 6.07) is 12.1. The van der Waals surface area contributed by atoms with Crippen molar-refractivity contribution in [3.05, 3.63) is 66.2 Å². The normalized spacial score (nSPS) is 15.3. The van der Waals surface area contributed by atoms with Gasteiger partial charge in [-0.15, -0.1) is 6.58 Å². The van der Waals surface area contributed by atoms with E-state index in [1.54, 1.807) is 35.2 Å². The van der Waals surface area contributed by atoms with Gasteiger partial charge in [0.05, 0.1) is 5.92 Å². The van der Waals surface area contributed by atoms with Gasteiger partial charge in [-0.1, -0.05) is 23.8 Å². The standard InChI is InChI=1S/C25H31N5O3/c1-4-13-26-23(31)19-6-5-14-30(16-19)25(33)28-21-10-8-20(9-11-21)27-24(32)29-22-12-7-17(2)15-18(22)3/h4,7-12,15,19H,1,5-6,13-14,16H2,2-3H3,(H,26,31)(H,28,33)(H2,27,29,32)/t19-/m1/s1. The highest BCUT2D eigenvalue weighted by Crippen LogP contribution is 2.20. The highest BCUT2D eigenvalue weighted by Gasteiger charge is 2.28. The Labute approximate surface area is 194 Å². The van der Waals surface area contributed by atoms with Crippen LogP contribution in [0.2, 0.25) is 0 Å². The van der Waals surface area contributed by atoms with Gasteiger partial charge in [0.1, 0.15) is 0 Å². The van der Waals surface area contributed by atoms with Crippen LogP contribution in [0.25, 0.3) is 0 Å². The molecule has 0 aromatic heterocycles. The van der Waals surface area contributed by atoms with E-state index in [2.05, 4.69) is 27.8 Å². The molecule has 1 saturated heterocycles. The summed E-state index contributed by atoms with van der Waals surface area (Å²) in [6.07, 6.45) is 3.17. The van der Waals surface area contributed by atoms with Gasteiger partial charge in [0, 0.05) is 36.7 Å². The summed E-state index contributed by atoms with van der Waals surface area (Å²) >= 11 is 0. The van der Waals surface area contributed by atoms with Gasteiger partial charge in [-0.2, -0.15) is 0 Å². The van der Waals surface area contributed by atoms with Crippen LogP contribution in [0.4, 0.5) is 26.7 Å². The molecule has 0 aliphatic carbocycles. The number of urea groups is 2. The molecule has 8 nitrogen and oxygen atoms in total. The van der Waals surface area contributed by atoms with E-state index in [0.29, 0.717) is 31.0 Å². The number of nitrogens with zero attached hydrogens (tertiary/aromatic N) is 1. The van der Waals surface area contributed by atoms with E-state index >= 15 is 0 Å². The lowest BCUT2D eigenvalue weighted by atomic mass is 9.97. The Kier molecular flexibility index (Phi) is 8.07. The molecule has 1 aliphatic rings. The highest BCUT2D eigenvalue weighted by molar-refractivity contribution is 6.00. The second-order valence-corrected chi connectivity index (χ2v) is 8.22. The minimum Gasteiger partial charge on any atom is -0.352 e. The molecule has 1 aliphatic heterocycles. The number of amides is 5. The molecule has 0 radical (unpaired) electrons. The van der Waals surface area contributed by atoms with E-state index in [-0.39, 0.29) is 23.9 Å². The average Bonchev–Trinajstić information content (AvgIpc) is 2.80. The molecule has 2 aromatic carbocycles. The molecule has 8 heteroatoms. The van der Waals surface area contributed by atoms with Crippen molar-refractivity contribution in [1.82, 2.24) is 10.2 Å². The third-order valence-corrected chi connectivity index (χ3v) is 5.52. The van der Waals surface area contributed by atoms with Crippen molar-refractivity contribution in [3.63, 3.8) is 0 Å². The zero-order valence-corrected chi connectivity index (χ0v) is 19.1. The molecule has 33 heavy (non-hydrogen) atoms. The lowest BCUT2D eigenvalue weighted by Crippen LogP contribution is -2.46. The summed E-state index contributed by atoms with van der Waals surface area (Å²) in [6.45, 7) is 8.95. The fraction of sp³-hybridized carbons (Fsp3) is 0.320. The molecule has 1 atom stereocenters. The van der Waals surface area contributed by atoms with Gasteiger partial charge in [0.2, 0.25) is 5.91 Å². The van der Waals surface area contributed by atoms with Gasteiger partial charge in [0.15, 0.2) is 0 Å². The monoisotopic (exact) mass is 449 g/mol. The number of carbonyl (C=O) groups is 3. The number of hydrogen-bond acceptors (Lipinski definition) is 3. The van der Waals surface area contributed by atoms with Gasteiger partial charge >= 0.3 is 12.1 Å². The fourth-order valence-corrected chi connectivity index (χ4v) is 3.77. The Hall–Kier alpha value is -3.81. The molecule has 2 aromatic rings. The van der Waals surface area contributed by atoms with E-state index in [1.807, 2.05) is 32.0 Å². The number of hydrogen-bond donors (Lipinski definition) is 4. The second-order valence-electron chi connectivity index (χ2n) is 8.22. The Morgan fingerprint density at radius 3 is 2.39 bits per heavy atom.